The molecule has 1 aromatic heterocycles. The topological polar surface area (TPSA) is 58.8 Å². The molecular formula is C19H30IN3O2. The summed E-state index contributed by atoms with van der Waals surface area (Å²) in [5.74, 6) is 2.65. The molecule has 0 radical (unpaired) electrons. The smallest absolute Gasteiger partial charge is 0.191 e. The highest BCUT2D eigenvalue weighted by molar-refractivity contribution is 14.0. The fraction of sp³-hybridized carbons (Fsp3) is 0.737. The Hall–Kier alpha value is -0.760. The minimum Gasteiger partial charge on any atom is -0.469 e. The maximum Gasteiger partial charge on any atom is 0.191 e. The van der Waals surface area contributed by atoms with Crippen LogP contribution in [0, 0.1) is 11.3 Å². The van der Waals surface area contributed by atoms with E-state index in [-0.39, 0.29) is 24.0 Å². The molecule has 3 aliphatic rings. The van der Waals surface area contributed by atoms with Gasteiger partial charge in [-0.25, -0.2) is 0 Å². The number of halogens is 1. The summed E-state index contributed by atoms with van der Waals surface area (Å²) in [6, 6.07) is 4.49. The van der Waals surface area contributed by atoms with Crippen molar-refractivity contribution in [2.75, 3.05) is 19.7 Å². The van der Waals surface area contributed by atoms with Crippen molar-refractivity contribution in [3.8, 4) is 0 Å². The molecule has 3 unspecified atom stereocenters. The minimum atomic E-state index is 0. The van der Waals surface area contributed by atoms with Crippen LogP contribution in [0.3, 0.4) is 0 Å². The van der Waals surface area contributed by atoms with Crippen LogP contribution in [0.1, 0.15) is 44.8 Å². The molecule has 3 atom stereocenters. The second kappa shape index (κ2) is 8.29. The molecule has 4 rings (SSSR count). The number of furan rings is 1. The van der Waals surface area contributed by atoms with Crippen LogP contribution in [-0.2, 0) is 11.2 Å². The first kappa shape index (κ1) is 19.0. The Morgan fingerprint density at radius 2 is 2.28 bits per heavy atom. The van der Waals surface area contributed by atoms with Crippen LogP contribution >= 0.6 is 24.0 Å². The van der Waals surface area contributed by atoms with Gasteiger partial charge in [0.2, 0.25) is 0 Å². The Balaban J connectivity index is 0.00000182. The molecule has 25 heavy (non-hydrogen) atoms. The molecule has 0 amide bonds. The average molecular weight is 459 g/mol. The molecule has 2 saturated carbocycles. The van der Waals surface area contributed by atoms with Crippen molar-refractivity contribution in [1.29, 1.82) is 0 Å². The molecule has 3 fully saturated rings. The zero-order valence-electron chi connectivity index (χ0n) is 15.0. The zero-order valence-corrected chi connectivity index (χ0v) is 17.3. The molecule has 1 aromatic rings. The molecular weight excluding hydrogens is 429 g/mol. The standard InChI is InChI=1S/C19H29N3O2.HI/c1-2-10-20-18(21-11-6-14-5-3-12-23-14)22-16-15-7-13-24-17(15)19(16)8-4-9-19;/h3,5,12,15-17H,2,4,6-11,13H2,1H3,(H2,20,21,22);1H. The quantitative estimate of drug-likeness (QED) is 0.389. The van der Waals surface area contributed by atoms with Crippen molar-refractivity contribution < 1.29 is 9.15 Å². The van der Waals surface area contributed by atoms with Gasteiger partial charge in [0.1, 0.15) is 5.76 Å². The number of fused-ring (bicyclic) bond motifs is 2. The zero-order chi connectivity index (χ0) is 16.4. The van der Waals surface area contributed by atoms with E-state index in [1.54, 1.807) is 6.26 Å². The molecule has 1 spiro atoms. The van der Waals surface area contributed by atoms with Gasteiger partial charge in [0.05, 0.1) is 12.4 Å². The third-order valence-corrected chi connectivity index (χ3v) is 6.07. The van der Waals surface area contributed by atoms with Gasteiger partial charge >= 0.3 is 0 Å². The maximum atomic E-state index is 6.02. The van der Waals surface area contributed by atoms with Crippen LogP contribution in [0.5, 0.6) is 0 Å². The lowest BCUT2D eigenvalue weighted by molar-refractivity contribution is -0.171. The van der Waals surface area contributed by atoms with E-state index in [4.69, 9.17) is 14.1 Å². The summed E-state index contributed by atoms with van der Waals surface area (Å²) in [5.41, 5.74) is 0.386. The van der Waals surface area contributed by atoms with Crippen LogP contribution in [0.25, 0.3) is 0 Å². The molecule has 2 aliphatic carbocycles. The Morgan fingerprint density at radius 3 is 2.96 bits per heavy atom. The van der Waals surface area contributed by atoms with Crippen LogP contribution in [-0.4, -0.2) is 37.8 Å². The van der Waals surface area contributed by atoms with Crippen molar-refractivity contribution in [3.63, 3.8) is 0 Å². The second-order valence-electron chi connectivity index (χ2n) is 7.44. The first-order valence-electron chi connectivity index (χ1n) is 9.52. The largest absolute Gasteiger partial charge is 0.469 e. The Kier molecular flexibility index (Phi) is 6.30. The van der Waals surface area contributed by atoms with Crippen molar-refractivity contribution in [3.05, 3.63) is 24.2 Å². The monoisotopic (exact) mass is 459 g/mol. The number of hydrogen-bond donors (Lipinski definition) is 2. The lowest BCUT2D eigenvalue weighted by Gasteiger charge is -2.63. The van der Waals surface area contributed by atoms with E-state index < -0.39 is 0 Å². The number of nitrogens with zero attached hydrogens (tertiary/aromatic N) is 1. The van der Waals surface area contributed by atoms with Gasteiger partial charge in [-0.2, -0.15) is 0 Å². The number of hydrogen-bond acceptors (Lipinski definition) is 3. The van der Waals surface area contributed by atoms with E-state index in [1.165, 1.54) is 25.7 Å². The van der Waals surface area contributed by atoms with Gasteiger partial charge in [-0.15, -0.1) is 24.0 Å². The predicted molar refractivity (Wildman–Crippen MR) is 109 cm³/mol. The highest BCUT2D eigenvalue weighted by Crippen LogP contribution is 2.62. The Bertz CT molecular complexity index is 571. The Labute approximate surface area is 167 Å². The van der Waals surface area contributed by atoms with Gasteiger partial charge in [-0.3, -0.25) is 4.99 Å². The molecule has 2 N–H and O–H groups in total. The van der Waals surface area contributed by atoms with E-state index in [2.05, 4.69) is 17.6 Å². The van der Waals surface area contributed by atoms with Gasteiger partial charge in [-0.05, 0) is 37.8 Å². The van der Waals surface area contributed by atoms with E-state index in [0.717, 1.165) is 44.3 Å². The van der Waals surface area contributed by atoms with Gasteiger partial charge in [-0.1, -0.05) is 13.3 Å². The number of ether oxygens (including phenoxy) is 1. The van der Waals surface area contributed by atoms with Crippen molar-refractivity contribution in [1.82, 2.24) is 10.6 Å². The normalized spacial score (nSPS) is 29.3. The van der Waals surface area contributed by atoms with Crippen LogP contribution in [0.15, 0.2) is 27.8 Å². The molecule has 1 aliphatic heterocycles. The van der Waals surface area contributed by atoms with Gasteiger partial charge < -0.3 is 19.8 Å². The fourth-order valence-electron chi connectivity index (χ4n) is 4.74. The molecule has 0 aromatic carbocycles. The first-order valence-corrected chi connectivity index (χ1v) is 9.52. The summed E-state index contributed by atoms with van der Waals surface area (Å²) in [5, 5.41) is 7.26. The van der Waals surface area contributed by atoms with E-state index in [9.17, 15) is 0 Å². The highest BCUT2D eigenvalue weighted by Gasteiger charge is 2.66. The summed E-state index contributed by atoms with van der Waals surface area (Å²) in [7, 11) is 0. The van der Waals surface area contributed by atoms with E-state index in [0.29, 0.717) is 23.5 Å². The van der Waals surface area contributed by atoms with Gasteiger partial charge in [0.25, 0.3) is 0 Å². The van der Waals surface area contributed by atoms with Crippen LogP contribution in [0.2, 0.25) is 0 Å². The highest BCUT2D eigenvalue weighted by atomic mass is 127. The minimum absolute atomic E-state index is 0. The summed E-state index contributed by atoms with van der Waals surface area (Å²) in [6.07, 6.45) is 9.32. The summed E-state index contributed by atoms with van der Waals surface area (Å²) >= 11 is 0. The van der Waals surface area contributed by atoms with E-state index in [1.807, 2.05) is 12.1 Å². The molecule has 140 valence electrons. The molecule has 1 saturated heterocycles. The van der Waals surface area contributed by atoms with Crippen molar-refractivity contribution >= 4 is 29.9 Å². The lowest BCUT2D eigenvalue weighted by atomic mass is 9.46. The van der Waals surface area contributed by atoms with Gasteiger partial charge in [0, 0.05) is 43.5 Å². The van der Waals surface area contributed by atoms with Crippen LogP contribution < -0.4 is 10.6 Å². The number of aliphatic imine (C=N–C) groups is 1. The summed E-state index contributed by atoms with van der Waals surface area (Å²) in [6.45, 7) is 4.80. The average Bonchev–Trinajstić information content (AvgIpc) is 3.18. The van der Waals surface area contributed by atoms with Gasteiger partial charge in [0.15, 0.2) is 5.96 Å². The van der Waals surface area contributed by atoms with E-state index >= 15 is 0 Å². The Morgan fingerprint density at radius 1 is 1.40 bits per heavy atom. The van der Waals surface area contributed by atoms with Crippen LogP contribution in [0.4, 0.5) is 0 Å². The van der Waals surface area contributed by atoms with Crippen molar-refractivity contribution in [2.24, 2.45) is 16.3 Å². The van der Waals surface area contributed by atoms with Crippen molar-refractivity contribution in [2.45, 2.75) is 57.6 Å². The molecule has 5 nitrogen and oxygen atoms in total. The molecule has 0 bridgehead atoms. The predicted octanol–water partition coefficient (Wildman–Crippen LogP) is 3.34. The SMILES string of the molecule is CCCN=C(NCCc1ccco1)NC1C2CCOC2C12CCC2.I. The third kappa shape index (κ3) is 3.56. The number of guanidine groups is 1. The molecule has 6 heteroatoms. The maximum absolute atomic E-state index is 6.02. The second-order valence-corrected chi connectivity index (χ2v) is 7.44. The number of nitrogens with one attached hydrogen (secondary N) is 2. The first-order chi connectivity index (χ1) is 11.8. The molecule has 2 heterocycles. The third-order valence-electron chi connectivity index (χ3n) is 6.07. The summed E-state index contributed by atoms with van der Waals surface area (Å²) < 4.78 is 11.4. The fourth-order valence-corrected chi connectivity index (χ4v) is 4.74. The lowest BCUT2D eigenvalue weighted by Crippen LogP contribution is -2.72. The summed E-state index contributed by atoms with van der Waals surface area (Å²) in [4.78, 5) is 4.74. The number of rotatable bonds is 6.